The van der Waals surface area contributed by atoms with Crippen LogP contribution in [0, 0.1) is 6.92 Å². The number of aryl methyl sites for hydroxylation is 2. The van der Waals surface area contributed by atoms with Gasteiger partial charge in [0.15, 0.2) is 0 Å². The van der Waals surface area contributed by atoms with Gasteiger partial charge in [-0.05, 0) is 18.6 Å². The monoisotopic (exact) mass is 217 g/mol. The van der Waals surface area contributed by atoms with E-state index in [0.717, 1.165) is 16.9 Å². The van der Waals surface area contributed by atoms with E-state index in [9.17, 15) is 0 Å². The van der Waals surface area contributed by atoms with Crippen molar-refractivity contribution in [1.29, 1.82) is 0 Å². The second-order valence-corrected chi connectivity index (χ2v) is 3.83. The fourth-order valence-electron chi connectivity index (χ4n) is 1.49. The lowest BCUT2D eigenvalue weighted by Crippen LogP contribution is -2.04. The predicted octanol–water partition coefficient (Wildman–Crippen LogP) is 1.32. The van der Waals surface area contributed by atoms with E-state index in [2.05, 4.69) is 15.4 Å². The van der Waals surface area contributed by atoms with Crippen LogP contribution >= 0.6 is 0 Å². The first-order valence-corrected chi connectivity index (χ1v) is 5.08. The van der Waals surface area contributed by atoms with Crippen LogP contribution in [0.25, 0.3) is 0 Å². The first-order chi connectivity index (χ1) is 7.65. The molecule has 0 atom stereocenters. The van der Waals surface area contributed by atoms with Crippen LogP contribution < -0.4 is 11.1 Å². The zero-order valence-electron chi connectivity index (χ0n) is 9.44. The number of aromatic nitrogens is 3. The molecule has 0 unspecified atom stereocenters. The van der Waals surface area contributed by atoms with Gasteiger partial charge in [0.2, 0.25) is 0 Å². The van der Waals surface area contributed by atoms with Gasteiger partial charge in [0.1, 0.15) is 5.82 Å². The number of hydrogen-bond acceptors (Lipinski definition) is 4. The van der Waals surface area contributed by atoms with Crippen LogP contribution in [0.3, 0.4) is 0 Å². The van der Waals surface area contributed by atoms with Crippen LogP contribution in [0.5, 0.6) is 0 Å². The van der Waals surface area contributed by atoms with Crippen LogP contribution in [0.2, 0.25) is 0 Å². The molecule has 0 spiro atoms. The van der Waals surface area contributed by atoms with Gasteiger partial charge in [-0.15, -0.1) is 0 Å². The highest BCUT2D eigenvalue weighted by molar-refractivity contribution is 5.61. The second kappa shape index (κ2) is 4.22. The molecule has 0 aromatic carbocycles. The Morgan fingerprint density at radius 1 is 1.44 bits per heavy atom. The van der Waals surface area contributed by atoms with Crippen molar-refractivity contribution < 1.29 is 0 Å². The largest absolute Gasteiger partial charge is 0.396 e. The fourth-order valence-corrected chi connectivity index (χ4v) is 1.49. The molecule has 0 amide bonds. The van der Waals surface area contributed by atoms with Gasteiger partial charge in [0, 0.05) is 31.5 Å². The molecule has 3 N–H and O–H groups in total. The number of pyridine rings is 1. The Kier molecular flexibility index (Phi) is 2.76. The SMILES string of the molecule is Cc1cnc(NCc2cnn(C)c2)c(N)c1. The first kappa shape index (κ1) is 10.5. The lowest BCUT2D eigenvalue weighted by Gasteiger charge is -2.07. The standard InChI is InChI=1S/C11H15N5/c1-8-3-10(12)11(13-4-8)14-5-9-6-15-16(2)7-9/h3-4,6-7H,5,12H2,1-2H3,(H,13,14). The van der Waals surface area contributed by atoms with E-state index in [1.807, 2.05) is 32.4 Å². The molecule has 2 heterocycles. The van der Waals surface area contributed by atoms with Crippen molar-refractivity contribution in [1.82, 2.24) is 14.8 Å². The average molecular weight is 217 g/mol. The van der Waals surface area contributed by atoms with Crippen LogP contribution in [-0.2, 0) is 13.6 Å². The van der Waals surface area contributed by atoms with Gasteiger partial charge in [-0.2, -0.15) is 5.10 Å². The summed E-state index contributed by atoms with van der Waals surface area (Å²) in [5, 5.41) is 7.27. The highest BCUT2D eigenvalue weighted by Crippen LogP contribution is 2.16. The summed E-state index contributed by atoms with van der Waals surface area (Å²) in [4.78, 5) is 4.24. The highest BCUT2D eigenvalue weighted by Gasteiger charge is 2.01. The molecule has 0 radical (unpaired) electrons. The van der Waals surface area contributed by atoms with Crippen molar-refractivity contribution in [3.63, 3.8) is 0 Å². The second-order valence-electron chi connectivity index (χ2n) is 3.83. The van der Waals surface area contributed by atoms with Crippen molar-refractivity contribution in [3.8, 4) is 0 Å². The molecule has 84 valence electrons. The summed E-state index contributed by atoms with van der Waals surface area (Å²) >= 11 is 0. The zero-order valence-corrected chi connectivity index (χ0v) is 9.44. The van der Waals surface area contributed by atoms with E-state index in [4.69, 9.17) is 5.73 Å². The summed E-state index contributed by atoms with van der Waals surface area (Å²) in [5.41, 5.74) is 8.68. The van der Waals surface area contributed by atoms with Gasteiger partial charge < -0.3 is 11.1 Å². The Hall–Kier alpha value is -2.04. The normalized spacial score (nSPS) is 10.4. The molecule has 0 fully saturated rings. The number of anilines is 2. The third kappa shape index (κ3) is 2.31. The molecule has 0 bridgehead atoms. The maximum atomic E-state index is 5.84. The van der Waals surface area contributed by atoms with Crippen LogP contribution in [0.1, 0.15) is 11.1 Å². The van der Waals surface area contributed by atoms with Gasteiger partial charge >= 0.3 is 0 Å². The third-order valence-corrected chi connectivity index (χ3v) is 2.27. The maximum absolute atomic E-state index is 5.84. The van der Waals surface area contributed by atoms with Gasteiger partial charge in [-0.25, -0.2) is 4.98 Å². The molecule has 0 aliphatic carbocycles. The lowest BCUT2D eigenvalue weighted by molar-refractivity contribution is 0.767. The fraction of sp³-hybridized carbons (Fsp3) is 0.273. The third-order valence-electron chi connectivity index (χ3n) is 2.27. The summed E-state index contributed by atoms with van der Waals surface area (Å²) in [6.45, 7) is 2.64. The van der Waals surface area contributed by atoms with Crippen LogP contribution in [-0.4, -0.2) is 14.8 Å². The molecule has 0 aliphatic rings. The van der Waals surface area contributed by atoms with Gasteiger partial charge in [0.05, 0.1) is 11.9 Å². The minimum absolute atomic E-state index is 0.670. The number of nitrogens with zero attached hydrogens (tertiary/aromatic N) is 3. The maximum Gasteiger partial charge on any atom is 0.149 e. The molecule has 0 aliphatic heterocycles. The number of nitrogens with two attached hydrogens (primary N) is 1. The smallest absolute Gasteiger partial charge is 0.149 e. The lowest BCUT2D eigenvalue weighted by atomic mass is 10.3. The Morgan fingerprint density at radius 3 is 2.88 bits per heavy atom. The number of hydrogen-bond donors (Lipinski definition) is 2. The van der Waals surface area contributed by atoms with Crippen molar-refractivity contribution in [2.24, 2.45) is 7.05 Å². The van der Waals surface area contributed by atoms with Gasteiger partial charge in [0.25, 0.3) is 0 Å². The Balaban J connectivity index is 2.04. The van der Waals surface area contributed by atoms with E-state index < -0.39 is 0 Å². The first-order valence-electron chi connectivity index (χ1n) is 5.08. The van der Waals surface area contributed by atoms with Crippen LogP contribution in [0.15, 0.2) is 24.7 Å². The molecule has 0 saturated heterocycles. The summed E-state index contributed by atoms with van der Waals surface area (Å²) in [6.07, 6.45) is 5.57. The summed E-state index contributed by atoms with van der Waals surface area (Å²) in [5.74, 6) is 0.717. The number of nitrogen functional groups attached to an aromatic ring is 1. The molecule has 2 aromatic heterocycles. The molecule has 5 heteroatoms. The van der Waals surface area contributed by atoms with Gasteiger partial charge in [-0.3, -0.25) is 4.68 Å². The Labute approximate surface area is 94.3 Å². The highest BCUT2D eigenvalue weighted by atomic mass is 15.2. The molecular formula is C11H15N5. The van der Waals surface area contributed by atoms with Crippen molar-refractivity contribution in [2.75, 3.05) is 11.1 Å². The molecular weight excluding hydrogens is 202 g/mol. The topological polar surface area (TPSA) is 68.8 Å². The quantitative estimate of drug-likeness (QED) is 0.813. The van der Waals surface area contributed by atoms with E-state index in [1.54, 1.807) is 10.9 Å². The van der Waals surface area contributed by atoms with Crippen molar-refractivity contribution >= 4 is 11.5 Å². The Morgan fingerprint density at radius 2 is 2.25 bits per heavy atom. The van der Waals surface area contributed by atoms with E-state index >= 15 is 0 Å². The predicted molar refractivity (Wildman–Crippen MR) is 63.9 cm³/mol. The summed E-state index contributed by atoms with van der Waals surface area (Å²) in [6, 6.07) is 1.90. The molecule has 5 nitrogen and oxygen atoms in total. The molecule has 16 heavy (non-hydrogen) atoms. The summed E-state index contributed by atoms with van der Waals surface area (Å²) < 4.78 is 1.77. The minimum atomic E-state index is 0.670. The van der Waals surface area contributed by atoms with E-state index in [-0.39, 0.29) is 0 Å². The van der Waals surface area contributed by atoms with Crippen LogP contribution in [0.4, 0.5) is 11.5 Å². The molecule has 2 rings (SSSR count). The Bertz CT molecular complexity index is 489. The number of nitrogens with one attached hydrogen (secondary N) is 1. The van der Waals surface area contributed by atoms with Gasteiger partial charge in [-0.1, -0.05) is 0 Å². The van der Waals surface area contributed by atoms with Crippen molar-refractivity contribution in [3.05, 3.63) is 35.8 Å². The number of rotatable bonds is 3. The average Bonchev–Trinajstić information content (AvgIpc) is 2.63. The summed E-state index contributed by atoms with van der Waals surface area (Å²) in [7, 11) is 1.89. The minimum Gasteiger partial charge on any atom is -0.396 e. The van der Waals surface area contributed by atoms with Crippen molar-refractivity contribution in [2.45, 2.75) is 13.5 Å². The zero-order chi connectivity index (χ0) is 11.5. The molecule has 2 aromatic rings. The van der Waals surface area contributed by atoms with E-state index in [1.165, 1.54) is 0 Å². The van der Waals surface area contributed by atoms with E-state index in [0.29, 0.717) is 12.2 Å². The molecule has 0 saturated carbocycles.